The molecule has 0 bridgehead atoms. The molecular formula is C15H14FNO2. The Bertz CT molecular complexity index is 613. The lowest BCUT2D eigenvalue weighted by molar-refractivity contribution is 0.297. The van der Waals surface area contributed by atoms with Crippen LogP contribution in [0.5, 0.6) is 11.5 Å². The molecule has 0 amide bonds. The second kappa shape index (κ2) is 4.80. The molecule has 1 aliphatic rings. The van der Waals surface area contributed by atoms with Gasteiger partial charge in [0.25, 0.3) is 0 Å². The number of halogens is 1. The Morgan fingerprint density at radius 1 is 0.947 bits per heavy atom. The summed E-state index contributed by atoms with van der Waals surface area (Å²) in [5, 5.41) is 0. The largest absolute Gasteiger partial charge is 0.490 e. The first-order valence-electron chi connectivity index (χ1n) is 6.19. The average Bonchev–Trinajstić information content (AvgIpc) is 2.66. The molecule has 0 atom stereocenters. The number of rotatable bonds is 1. The molecule has 0 saturated heterocycles. The summed E-state index contributed by atoms with van der Waals surface area (Å²) in [7, 11) is 0. The van der Waals surface area contributed by atoms with E-state index in [1.165, 1.54) is 6.07 Å². The first kappa shape index (κ1) is 11.8. The van der Waals surface area contributed by atoms with Crippen molar-refractivity contribution < 1.29 is 13.9 Å². The molecule has 0 aromatic heterocycles. The van der Waals surface area contributed by atoms with Crippen molar-refractivity contribution in [3.63, 3.8) is 0 Å². The minimum absolute atomic E-state index is 0.302. The lowest BCUT2D eigenvalue weighted by atomic mass is 10.0. The number of ether oxygens (including phenoxy) is 2. The third kappa shape index (κ3) is 2.34. The van der Waals surface area contributed by atoms with Crippen LogP contribution in [0.2, 0.25) is 0 Å². The van der Waals surface area contributed by atoms with Crippen molar-refractivity contribution >= 4 is 5.69 Å². The molecule has 0 unspecified atom stereocenters. The number of hydrogen-bond acceptors (Lipinski definition) is 3. The molecule has 0 radical (unpaired) electrons. The van der Waals surface area contributed by atoms with E-state index in [4.69, 9.17) is 15.2 Å². The number of nitrogen functional groups attached to an aromatic ring is 1. The molecule has 0 spiro atoms. The highest BCUT2D eigenvalue weighted by Gasteiger charge is 2.13. The Morgan fingerprint density at radius 2 is 1.74 bits per heavy atom. The number of nitrogens with two attached hydrogens (primary N) is 1. The van der Waals surface area contributed by atoms with Crippen molar-refractivity contribution in [3.8, 4) is 22.6 Å². The van der Waals surface area contributed by atoms with E-state index in [1.54, 1.807) is 24.3 Å². The van der Waals surface area contributed by atoms with Gasteiger partial charge in [-0.15, -0.1) is 0 Å². The van der Waals surface area contributed by atoms with Gasteiger partial charge in [-0.3, -0.25) is 0 Å². The predicted octanol–water partition coefficient (Wildman–Crippen LogP) is 3.24. The molecule has 1 heterocycles. The highest BCUT2D eigenvalue weighted by atomic mass is 19.1. The van der Waals surface area contributed by atoms with Crippen molar-refractivity contribution in [2.75, 3.05) is 18.9 Å². The van der Waals surface area contributed by atoms with E-state index in [1.807, 2.05) is 6.07 Å². The van der Waals surface area contributed by atoms with Gasteiger partial charge in [-0.1, -0.05) is 6.07 Å². The summed E-state index contributed by atoms with van der Waals surface area (Å²) in [5.41, 5.74) is 7.43. The van der Waals surface area contributed by atoms with Crippen molar-refractivity contribution in [3.05, 3.63) is 42.2 Å². The van der Waals surface area contributed by atoms with E-state index in [0.717, 1.165) is 12.0 Å². The second-order valence-corrected chi connectivity index (χ2v) is 4.45. The molecule has 0 aliphatic carbocycles. The summed E-state index contributed by atoms with van der Waals surface area (Å²) in [6.45, 7) is 1.24. The Hall–Kier alpha value is -2.23. The van der Waals surface area contributed by atoms with E-state index in [-0.39, 0.29) is 5.82 Å². The number of benzene rings is 2. The van der Waals surface area contributed by atoms with Gasteiger partial charge in [-0.05, 0) is 35.9 Å². The van der Waals surface area contributed by atoms with Crippen molar-refractivity contribution in [2.45, 2.75) is 6.42 Å². The maximum Gasteiger partial charge on any atom is 0.161 e. The maximum atomic E-state index is 13.8. The molecule has 4 heteroatoms. The number of anilines is 1. The van der Waals surface area contributed by atoms with E-state index >= 15 is 0 Å². The van der Waals surface area contributed by atoms with Crippen LogP contribution in [0.3, 0.4) is 0 Å². The van der Waals surface area contributed by atoms with E-state index in [0.29, 0.717) is 36.0 Å². The number of fused-ring (bicyclic) bond motifs is 1. The molecule has 2 aromatic carbocycles. The summed E-state index contributed by atoms with van der Waals surface area (Å²) in [6.07, 6.45) is 0.844. The van der Waals surface area contributed by atoms with Gasteiger partial charge < -0.3 is 15.2 Å². The smallest absolute Gasteiger partial charge is 0.161 e. The number of hydrogen-bond donors (Lipinski definition) is 1. The monoisotopic (exact) mass is 259 g/mol. The third-order valence-corrected chi connectivity index (χ3v) is 3.05. The first-order chi connectivity index (χ1) is 9.24. The summed E-state index contributed by atoms with van der Waals surface area (Å²) in [5.74, 6) is 1.05. The maximum absolute atomic E-state index is 13.8. The lowest BCUT2D eigenvalue weighted by Gasteiger charge is -2.10. The van der Waals surface area contributed by atoms with Crippen LogP contribution in [0.4, 0.5) is 10.1 Å². The molecule has 3 nitrogen and oxygen atoms in total. The van der Waals surface area contributed by atoms with Gasteiger partial charge in [0.1, 0.15) is 5.82 Å². The quantitative estimate of drug-likeness (QED) is 0.800. The molecular weight excluding hydrogens is 245 g/mol. The third-order valence-electron chi connectivity index (χ3n) is 3.05. The summed E-state index contributed by atoms with van der Waals surface area (Å²) < 4.78 is 25.0. The van der Waals surface area contributed by atoms with Gasteiger partial charge in [0.05, 0.1) is 13.2 Å². The average molecular weight is 259 g/mol. The molecule has 98 valence electrons. The SMILES string of the molecule is Nc1ccc(F)c(-c2ccc3c(c2)OCCCO3)c1. The van der Waals surface area contributed by atoms with Gasteiger partial charge in [-0.25, -0.2) is 4.39 Å². The van der Waals surface area contributed by atoms with Crippen molar-refractivity contribution in [1.29, 1.82) is 0 Å². The highest BCUT2D eigenvalue weighted by Crippen LogP contribution is 2.35. The topological polar surface area (TPSA) is 44.5 Å². The van der Waals surface area contributed by atoms with Crippen LogP contribution >= 0.6 is 0 Å². The van der Waals surface area contributed by atoms with Crippen LogP contribution in [0, 0.1) is 5.82 Å². The molecule has 19 heavy (non-hydrogen) atoms. The molecule has 1 aliphatic heterocycles. The zero-order valence-electron chi connectivity index (χ0n) is 10.4. The van der Waals surface area contributed by atoms with Crippen LogP contribution in [0.15, 0.2) is 36.4 Å². The fourth-order valence-corrected chi connectivity index (χ4v) is 2.09. The van der Waals surface area contributed by atoms with Crippen LogP contribution < -0.4 is 15.2 Å². The minimum atomic E-state index is -0.302. The zero-order valence-corrected chi connectivity index (χ0v) is 10.4. The van der Waals surface area contributed by atoms with Crippen LogP contribution in [0.25, 0.3) is 11.1 Å². The van der Waals surface area contributed by atoms with E-state index in [2.05, 4.69) is 0 Å². The first-order valence-corrected chi connectivity index (χ1v) is 6.19. The van der Waals surface area contributed by atoms with Crippen molar-refractivity contribution in [1.82, 2.24) is 0 Å². The molecule has 3 rings (SSSR count). The fraction of sp³-hybridized carbons (Fsp3) is 0.200. The normalized spacial score (nSPS) is 13.9. The fourth-order valence-electron chi connectivity index (χ4n) is 2.09. The summed E-state index contributed by atoms with van der Waals surface area (Å²) in [6, 6.07) is 9.94. The predicted molar refractivity (Wildman–Crippen MR) is 71.9 cm³/mol. The Labute approximate surface area is 110 Å². The van der Waals surface area contributed by atoms with Crippen molar-refractivity contribution in [2.24, 2.45) is 0 Å². The Morgan fingerprint density at radius 3 is 2.58 bits per heavy atom. The molecule has 0 saturated carbocycles. The van der Waals surface area contributed by atoms with Crippen LogP contribution in [-0.2, 0) is 0 Å². The molecule has 2 aromatic rings. The van der Waals surface area contributed by atoms with Gasteiger partial charge >= 0.3 is 0 Å². The zero-order chi connectivity index (χ0) is 13.2. The van der Waals surface area contributed by atoms with E-state index < -0.39 is 0 Å². The molecule has 2 N–H and O–H groups in total. The summed E-state index contributed by atoms with van der Waals surface area (Å²) >= 11 is 0. The van der Waals surface area contributed by atoms with E-state index in [9.17, 15) is 4.39 Å². The van der Waals surface area contributed by atoms with Gasteiger partial charge in [0.15, 0.2) is 11.5 Å². The second-order valence-electron chi connectivity index (χ2n) is 4.45. The minimum Gasteiger partial charge on any atom is -0.490 e. The lowest BCUT2D eigenvalue weighted by Crippen LogP contribution is -1.97. The van der Waals surface area contributed by atoms with Crippen LogP contribution in [0.1, 0.15) is 6.42 Å². The standard InChI is InChI=1S/C15H14FNO2/c16-13-4-3-11(17)9-12(13)10-2-5-14-15(8-10)19-7-1-6-18-14/h2-5,8-9H,1,6-7,17H2. The highest BCUT2D eigenvalue weighted by molar-refractivity contribution is 5.70. The summed E-state index contributed by atoms with van der Waals surface area (Å²) in [4.78, 5) is 0. The molecule has 0 fully saturated rings. The Balaban J connectivity index is 2.06. The van der Waals surface area contributed by atoms with Gasteiger partial charge in [-0.2, -0.15) is 0 Å². The van der Waals surface area contributed by atoms with Crippen LogP contribution in [-0.4, -0.2) is 13.2 Å². The van der Waals surface area contributed by atoms with Gasteiger partial charge in [0, 0.05) is 17.7 Å². The van der Waals surface area contributed by atoms with Gasteiger partial charge in [0.2, 0.25) is 0 Å². The Kier molecular flexibility index (Phi) is 2.99.